The maximum absolute atomic E-state index is 12.1. The van der Waals surface area contributed by atoms with Gasteiger partial charge in [-0.2, -0.15) is 13.2 Å². The molecule has 0 aliphatic heterocycles. The maximum Gasteiger partial charge on any atom is 0.417 e. The Labute approximate surface area is 64.2 Å². The number of rotatable bonds is 2. The molecule has 0 rings (SSSR count). The second-order valence-electron chi connectivity index (χ2n) is 2.93. The minimum absolute atomic E-state index is 0.297. The summed E-state index contributed by atoms with van der Waals surface area (Å²) in [6.45, 7) is 4.04. The van der Waals surface area contributed by atoms with Gasteiger partial charge in [-0.25, -0.2) is 0 Å². The van der Waals surface area contributed by atoms with Crippen LogP contribution < -0.4 is 0 Å². The summed E-state index contributed by atoms with van der Waals surface area (Å²) in [5, 5.41) is 9.11. The zero-order chi connectivity index (χ0) is 9.28. The molecule has 0 bridgehead atoms. The molecule has 1 atom stereocenters. The van der Waals surface area contributed by atoms with E-state index in [-0.39, 0.29) is 6.42 Å². The zero-order valence-corrected chi connectivity index (χ0v) is 6.87. The van der Waals surface area contributed by atoms with Crippen LogP contribution in [-0.2, 0) is 0 Å². The SMILES string of the molecule is CCC(O)(C(C)C)C(F)(F)F. The molecule has 0 aromatic carbocycles. The molecular formula is C7H13F3O. The Morgan fingerprint density at radius 2 is 1.64 bits per heavy atom. The Morgan fingerprint density at radius 3 is 1.64 bits per heavy atom. The highest BCUT2D eigenvalue weighted by Crippen LogP contribution is 2.38. The van der Waals surface area contributed by atoms with Gasteiger partial charge in [0.25, 0.3) is 0 Å². The van der Waals surface area contributed by atoms with Crippen molar-refractivity contribution < 1.29 is 18.3 Å². The fraction of sp³-hybridized carbons (Fsp3) is 1.00. The molecule has 0 amide bonds. The highest BCUT2D eigenvalue weighted by atomic mass is 19.4. The molecule has 0 radical (unpaired) electrons. The number of halogens is 3. The van der Waals surface area contributed by atoms with Gasteiger partial charge in [0.2, 0.25) is 0 Å². The molecule has 0 saturated heterocycles. The molecule has 0 aliphatic rings. The summed E-state index contributed by atoms with van der Waals surface area (Å²) in [6, 6.07) is 0. The van der Waals surface area contributed by atoms with Gasteiger partial charge in [0.05, 0.1) is 0 Å². The van der Waals surface area contributed by atoms with Crippen molar-refractivity contribution in [2.24, 2.45) is 5.92 Å². The molecule has 68 valence electrons. The summed E-state index contributed by atoms with van der Waals surface area (Å²) < 4.78 is 36.3. The smallest absolute Gasteiger partial charge is 0.380 e. The molecule has 0 heterocycles. The van der Waals surface area contributed by atoms with Crippen LogP contribution in [0.4, 0.5) is 13.2 Å². The van der Waals surface area contributed by atoms with Crippen LogP contribution in [0.5, 0.6) is 0 Å². The van der Waals surface area contributed by atoms with E-state index < -0.39 is 17.7 Å². The fourth-order valence-electron chi connectivity index (χ4n) is 0.936. The molecule has 0 aliphatic carbocycles. The van der Waals surface area contributed by atoms with Crippen LogP contribution in [0.15, 0.2) is 0 Å². The van der Waals surface area contributed by atoms with Crippen molar-refractivity contribution in [1.82, 2.24) is 0 Å². The van der Waals surface area contributed by atoms with E-state index in [1.54, 1.807) is 0 Å². The number of hydrogen-bond donors (Lipinski definition) is 1. The lowest BCUT2D eigenvalue weighted by Gasteiger charge is -2.32. The van der Waals surface area contributed by atoms with E-state index in [1.165, 1.54) is 20.8 Å². The van der Waals surface area contributed by atoms with E-state index >= 15 is 0 Å². The normalized spacial score (nSPS) is 18.5. The molecule has 1 nitrogen and oxygen atoms in total. The third-order valence-electron chi connectivity index (χ3n) is 1.99. The molecule has 11 heavy (non-hydrogen) atoms. The molecule has 1 N–H and O–H groups in total. The monoisotopic (exact) mass is 170 g/mol. The van der Waals surface area contributed by atoms with E-state index in [0.717, 1.165) is 0 Å². The van der Waals surface area contributed by atoms with Crippen molar-refractivity contribution in [3.8, 4) is 0 Å². The average Bonchev–Trinajstić information content (AvgIpc) is 1.83. The summed E-state index contributed by atoms with van der Waals surface area (Å²) >= 11 is 0. The van der Waals surface area contributed by atoms with Crippen molar-refractivity contribution in [3.63, 3.8) is 0 Å². The lowest BCUT2D eigenvalue weighted by Crippen LogP contribution is -2.48. The van der Waals surface area contributed by atoms with Gasteiger partial charge in [-0.05, 0) is 12.3 Å². The zero-order valence-electron chi connectivity index (χ0n) is 6.87. The van der Waals surface area contributed by atoms with Crippen LogP contribution in [0, 0.1) is 5.92 Å². The van der Waals surface area contributed by atoms with Gasteiger partial charge in [0, 0.05) is 0 Å². The van der Waals surface area contributed by atoms with Gasteiger partial charge < -0.3 is 5.11 Å². The van der Waals surface area contributed by atoms with Gasteiger partial charge >= 0.3 is 6.18 Å². The Bertz CT molecular complexity index is 130. The molecule has 0 spiro atoms. The third-order valence-corrected chi connectivity index (χ3v) is 1.99. The van der Waals surface area contributed by atoms with Crippen molar-refractivity contribution in [1.29, 1.82) is 0 Å². The molecule has 0 fully saturated rings. The highest BCUT2D eigenvalue weighted by molar-refractivity contribution is 4.87. The van der Waals surface area contributed by atoms with E-state index in [4.69, 9.17) is 5.11 Å². The first-order valence-corrected chi connectivity index (χ1v) is 3.54. The number of hydrogen-bond acceptors (Lipinski definition) is 1. The van der Waals surface area contributed by atoms with Crippen LogP contribution >= 0.6 is 0 Å². The Balaban J connectivity index is 4.61. The molecular weight excluding hydrogens is 157 g/mol. The van der Waals surface area contributed by atoms with E-state index in [1.807, 2.05) is 0 Å². The molecule has 1 unspecified atom stereocenters. The van der Waals surface area contributed by atoms with Gasteiger partial charge in [0.1, 0.15) is 0 Å². The summed E-state index contributed by atoms with van der Waals surface area (Å²) in [7, 11) is 0. The fourth-order valence-corrected chi connectivity index (χ4v) is 0.936. The minimum atomic E-state index is -4.52. The quantitative estimate of drug-likeness (QED) is 0.674. The highest BCUT2D eigenvalue weighted by Gasteiger charge is 2.54. The first-order valence-electron chi connectivity index (χ1n) is 3.54. The summed E-state index contributed by atoms with van der Waals surface area (Å²) in [4.78, 5) is 0. The number of aliphatic hydroxyl groups is 1. The topological polar surface area (TPSA) is 20.2 Å². The predicted octanol–water partition coefficient (Wildman–Crippen LogP) is 2.35. The van der Waals surface area contributed by atoms with Gasteiger partial charge in [-0.15, -0.1) is 0 Å². The van der Waals surface area contributed by atoms with E-state index in [9.17, 15) is 13.2 Å². The van der Waals surface area contributed by atoms with Crippen LogP contribution in [0.25, 0.3) is 0 Å². The second kappa shape index (κ2) is 3.01. The summed E-state index contributed by atoms with van der Waals surface area (Å²) in [5.41, 5.74) is -2.52. The standard InChI is InChI=1S/C7H13F3O/c1-4-6(11,5(2)3)7(8,9)10/h5,11H,4H2,1-3H3. The van der Waals surface area contributed by atoms with Crippen LogP contribution in [0.2, 0.25) is 0 Å². The lowest BCUT2D eigenvalue weighted by atomic mass is 9.87. The van der Waals surface area contributed by atoms with Crippen molar-refractivity contribution in [2.45, 2.75) is 39.0 Å². The Kier molecular flexibility index (Phi) is 2.94. The summed E-state index contributed by atoms with van der Waals surface area (Å²) in [5.74, 6) is -0.799. The second-order valence-corrected chi connectivity index (χ2v) is 2.93. The van der Waals surface area contributed by atoms with Crippen LogP contribution in [-0.4, -0.2) is 16.9 Å². The van der Waals surface area contributed by atoms with Gasteiger partial charge in [0.15, 0.2) is 5.60 Å². The molecule has 0 aromatic heterocycles. The van der Waals surface area contributed by atoms with Crippen LogP contribution in [0.3, 0.4) is 0 Å². The van der Waals surface area contributed by atoms with Crippen molar-refractivity contribution in [3.05, 3.63) is 0 Å². The molecule has 0 saturated carbocycles. The molecule has 4 heteroatoms. The summed E-state index contributed by atoms with van der Waals surface area (Å²) in [6.07, 6.45) is -4.82. The largest absolute Gasteiger partial charge is 0.417 e. The van der Waals surface area contributed by atoms with Gasteiger partial charge in [-0.3, -0.25) is 0 Å². The predicted molar refractivity (Wildman–Crippen MR) is 36.1 cm³/mol. The van der Waals surface area contributed by atoms with Crippen molar-refractivity contribution >= 4 is 0 Å². The first kappa shape index (κ1) is 10.8. The van der Waals surface area contributed by atoms with Gasteiger partial charge in [-0.1, -0.05) is 20.8 Å². The van der Waals surface area contributed by atoms with Crippen molar-refractivity contribution in [2.75, 3.05) is 0 Å². The average molecular weight is 170 g/mol. The Morgan fingerprint density at radius 1 is 1.27 bits per heavy atom. The number of alkyl halides is 3. The first-order chi connectivity index (χ1) is 4.75. The van der Waals surface area contributed by atoms with Crippen LogP contribution in [0.1, 0.15) is 27.2 Å². The Hall–Kier alpha value is -0.250. The molecule has 0 aromatic rings. The van der Waals surface area contributed by atoms with E-state index in [0.29, 0.717) is 0 Å². The van der Waals surface area contributed by atoms with E-state index in [2.05, 4.69) is 0 Å². The minimum Gasteiger partial charge on any atom is -0.380 e. The maximum atomic E-state index is 12.1. The lowest BCUT2D eigenvalue weighted by molar-refractivity contribution is -0.276. The third kappa shape index (κ3) is 1.86.